The van der Waals surface area contributed by atoms with Crippen LogP contribution in [0.2, 0.25) is 0 Å². The first-order valence-electron chi connectivity index (χ1n) is 7.81. The maximum absolute atomic E-state index is 10.8. The molecule has 3 rings (SSSR count). The van der Waals surface area contributed by atoms with Gasteiger partial charge in [-0.1, -0.05) is 30.3 Å². The van der Waals surface area contributed by atoms with Crippen LogP contribution in [0, 0.1) is 0 Å². The van der Waals surface area contributed by atoms with Crippen LogP contribution in [-0.4, -0.2) is 40.2 Å². The van der Waals surface area contributed by atoms with Crippen molar-refractivity contribution in [3.8, 4) is 0 Å². The number of thiazole rings is 1. The molecule has 134 valence electrons. The number of nitrogens with one attached hydrogen (secondary N) is 1. The lowest BCUT2D eigenvalue weighted by atomic mass is 9.93. The predicted octanol–water partition coefficient (Wildman–Crippen LogP) is 3.10. The average Bonchev–Trinajstić information content (AvgIpc) is 3.01. The summed E-state index contributed by atoms with van der Waals surface area (Å²) in [5, 5.41) is 17.2. The van der Waals surface area contributed by atoms with E-state index in [-0.39, 0.29) is 24.8 Å². The predicted molar refractivity (Wildman–Crippen MR) is 104 cm³/mol. The molecule has 1 atom stereocenters. The van der Waals surface area contributed by atoms with Gasteiger partial charge in [0.2, 0.25) is 0 Å². The summed E-state index contributed by atoms with van der Waals surface area (Å²) < 4.78 is 0. The first-order valence-corrected chi connectivity index (χ1v) is 8.69. The van der Waals surface area contributed by atoms with Gasteiger partial charge in [0.05, 0.1) is 12.1 Å². The molecule has 1 aliphatic heterocycles. The van der Waals surface area contributed by atoms with Crippen molar-refractivity contribution in [2.24, 2.45) is 0 Å². The molecule has 1 aromatic heterocycles. The van der Waals surface area contributed by atoms with Crippen LogP contribution in [0.25, 0.3) is 0 Å². The summed E-state index contributed by atoms with van der Waals surface area (Å²) in [4.78, 5) is 6.70. The molecule has 1 fully saturated rings. The number of halogens is 2. The number of β-amino-alcohol motifs (C(OH)–C–C–N with tert-alkyl or cyclic N) is 1. The third-order valence-electron chi connectivity index (χ3n) is 4.06. The van der Waals surface area contributed by atoms with Gasteiger partial charge in [-0.25, -0.2) is 4.98 Å². The second kappa shape index (κ2) is 10.3. The van der Waals surface area contributed by atoms with Crippen LogP contribution in [-0.2, 0) is 13.1 Å². The van der Waals surface area contributed by atoms with Crippen molar-refractivity contribution in [1.29, 1.82) is 0 Å². The monoisotopic (exact) mass is 389 g/mol. The van der Waals surface area contributed by atoms with Crippen LogP contribution in [0.1, 0.15) is 23.4 Å². The Kier molecular flexibility index (Phi) is 9.19. The van der Waals surface area contributed by atoms with Gasteiger partial charge >= 0.3 is 0 Å². The van der Waals surface area contributed by atoms with Gasteiger partial charge in [0.25, 0.3) is 0 Å². The minimum atomic E-state index is -0.635. The van der Waals surface area contributed by atoms with E-state index in [1.54, 1.807) is 11.3 Å². The zero-order chi connectivity index (χ0) is 15.3. The van der Waals surface area contributed by atoms with Crippen molar-refractivity contribution in [1.82, 2.24) is 15.2 Å². The largest absolute Gasteiger partial charge is 0.387 e. The van der Waals surface area contributed by atoms with Gasteiger partial charge < -0.3 is 10.4 Å². The highest BCUT2D eigenvalue weighted by molar-refractivity contribution is 7.09. The molecule has 0 bridgehead atoms. The lowest BCUT2D eigenvalue weighted by Gasteiger charge is -2.37. The van der Waals surface area contributed by atoms with Gasteiger partial charge in [-0.3, -0.25) is 4.90 Å². The molecule has 1 saturated heterocycles. The molecule has 4 nitrogen and oxygen atoms in total. The van der Waals surface area contributed by atoms with E-state index in [1.165, 1.54) is 5.56 Å². The number of benzene rings is 1. The zero-order valence-corrected chi connectivity index (χ0v) is 16.0. The van der Waals surface area contributed by atoms with E-state index in [2.05, 4.69) is 39.5 Å². The molecule has 1 aromatic carbocycles. The maximum atomic E-state index is 10.8. The van der Waals surface area contributed by atoms with Gasteiger partial charge in [-0.2, -0.15) is 0 Å². The Morgan fingerprint density at radius 1 is 1.21 bits per heavy atom. The van der Waals surface area contributed by atoms with Crippen molar-refractivity contribution < 1.29 is 5.11 Å². The number of rotatable bonds is 6. The number of piperidine rings is 1. The van der Waals surface area contributed by atoms with Crippen molar-refractivity contribution in [3.63, 3.8) is 0 Å². The van der Waals surface area contributed by atoms with Gasteiger partial charge in [0.15, 0.2) is 0 Å². The van der Waals surface area contributed by atoms with E-state index < -0.39 is 5.60 Å². The highest BCUT2D eigenvalue weighted by Crippen LogP contribution is 2.21. The molecule has 0 spiro atoms. The smallest absolute Gasteiger partial charge is 0.107 e. The lowest BCUT2D eigenvalue weighted by Crippen LogP contribution is -2.52. The standard InChI is InChI=1S/C17H23N3OS.2ClH/c21-17(7-4-8-18-13-17)14-20(12-16-19-9-10-22-16)11-15-5-2-1-3-6-15;;/h1-3,5-6,9-10,18,21H,4,7-8,11-14H2;2*1H. The Bertz CT molecular complexity index is 562. The Morgan fingerprint density at radius 3 is 2.62 bits per heavy atom. The number of hydrogen-bond donors (Lipinski definition) is 2. The molecular formula is C17H25Cl2N3OS. The molecule has 0 aliphatic carbocycles. The SMILES string of the molecule is Cl.Cl.OC1(CN(Cc2ccccc2)Cc2nccs2)CCCNC1. The summed E-state index contributed by atoms with van der Waals surface area (Å²) in [6, 6.07) is 10.4. The first-order chi connectivity index (χ1) is 10.7. The maximum Gasteiger partial charge on any atom is 0.107 e. The molecule has 2 heterocycles. The van der Waals surface area contributed by atoms with Crippen molar-refractivity contribution in [3.05, 3.63) is 52.5 Å². The van der Waals surface area contributed by atoms with E-state index in [9.17, 15) is 5.11 Å². The van der Waals surface area contributed by atoms with Crippen molar-refractivity contribution in [2.45, 2.75) is 31.5 Å². The Balaban J connectivity index is 0.00000144. The minimum Gasteiger partial charge on any atom is -0.387 e. The Hall–Kier alpha value is -0.690. The molecule has 1 aliphatic rings. The number of hydrogen-bond acceptors (Lipinski definition) is 5. The molecule has 1 unspecified atom stereocenters. The van der Waals surface area contributed by atoms with Gasteiger partial charge in [-0.15, -0.1) is 36.2 Å². The molecule has 0 amide bonds. The fraction of sp³-hybridized carbons (Fsp3) is 0.471. The minimum absolute atomic E-state index is 0. The van der Waals surface area contributed by atoms with Crippen LogP contribution < -0.4 is 5.32 Å². The first kappa shape index (κ1) is 21.4. The van der Waals surface area contributed by atoms with Crippen LogP contribution in [0.15, 0.2) is 41.9 Å². The number of aromatic nitrogens is 1. The molecule has 0 saturated carbocycles. The quantitative estimate of drug-likeness (QED) is 0.796. The van der Waals surface area contributed by atoms with E-state index in [0.717, 1.165) is 37.5 Å². The highest BCUT2D eigenvalue weighted by Gasteiger charge is 2.31. The summed E-state index contributed by atoms with van der Waals surface area (Å²) >= 11 is 1.67. The normalized spacial score (nSPS) is 20.2. The summed E-state index contributed by atoms with van der Waals surface area (Å²) in [6.45, 7) is 3.98. The second-order valence-electron chi connectivity index (χ2n) is 6.06. The number of nitrogens with zero attached hydrogens (tertiary/aromatic N) is 2. The van der Waals surface area contributed by atoms with Gasteiger partial charge in [0, 0.05) is 31.2 Å². The molecule has 24 heavy (non-hydrogen) atoms. The summed E-state index contributed by atoms with van der Waals surface area (Å²) in [6.07, 6.45) is 3.74. The van der Waals surface area contributed by atoms with Crippen molar-refractivity contribution >= 4 is 36.2 Å². The lowest BCUT2D eigenvalue weighted by molar-refractivity contribution is -0.0194. The molecular weight excluding hydrogens is 365 g/mol. The second-order valence-corrected chi connectivity index (χ2v) is 7.04. The van der Waals surface area contributed by atoms with E-state index >= 15 is 0 Å². The Labute approximate surface area is 160 Å². The van der Waals surface area contributed by atoms with E-state index in [0.29, 0.717) is 13.1 Å². The van der Waals surface area contributed by atoms with Crippen molar-refractivity contribution in [2.75, 3.05) is 19.6 Å². The molecule has 0 radical (unpaired) electrons. The molecule has 2 aromatic rings. The molecule has 7 heteroatoms. The van der Waals surface area contributed by atoms with E-state index in [4.69, 9.17) is 0 Å². The number of aliphatic hydroxyl groups is 1. The average molecular weight is 390 g/mol. The zero-order valence-electron chi connectivity index (χ0n) is 13.6. The summed E-state index contributed by atoms with van der Waals surface area (Å²) in [5.41, 5.74) is 0.635. The van der Waals surface area contributed by atoms with Crippen LogP contribution in [0.4, 0.5) is 0 Å². The summed E-state index contributed by atoms with van der Waals surface area (Å²) in [7, 11) is 0. The molecule has 2 N–H and O–H groups in total. The van der Waals surface area contributed by atoms with E-state index in [1.807, 2.05) is 17.6 Å². The third-order valence-corrected chi connectivity index (χ3v) is 4.82. The van der Waals surface area contributed by atoms with Crippen LogP contribution >= 0.6 is 36.2 Å². The van der Waals surface area contributed by atoms with Gasteiger partial charge in [0.1, 0.15) is 5.01 Å². The van der Waals surface area contributed by atoms with Crippen LogP contribution in [0.3, 0.4) is 0 Å². The topological polar surface area (TPSA) is 48.4 Å². The summed E-state index contributed by atoms with van der Waals surface area (Å²) in [5.74, 6) is 0. The van der Waals surface area contributed by atoms with Gasteiger partial charge in [-0.05, 0) is 24.9 Å². The highest BCUT2D eigenvalue weighted by atomic mass is 35.5. The Morgan fingerprint density at radius 2 is 2.00 bits per heavy atom. The van der Waals surface area contributed by atoms with Crippen LogP contribution in [0.5, 0.6) is 0 Å². The third kappa shape index (κ3) is 6.31. The fourth-order valence-electron chi connectivity index (χ4n) is 3.03. The fourth-order valence-corrected chi connectivity index (χ4v) is 3.69.